The van der Waals surface area contributed by atoms with E-state index in [2.05, 4.69) is 37.8 Å². The van der Waals surface area contributed by atoms with Gasteiger partial charge >= 0.3 is 12.6 Å². The number of halogens is 5. The lowest BCUT2D eigenvalue weighted by molar-refractivity contribution is -0.138. The van der Waals surface area contributed by atoms with E-state index in [1.807, 2.05) is 0 Å². The summed E-state index contributed by atoms with van der Waals surface area (Å²) < 4.78 is 73.7. The zero-order valence-electron chi connectivity index (χ0n) is 20.2. The van der Waals surface area contributed by atoms with Gasteiger partial charge in [0.1, 0.15) is 5.69 Å². The van der Waals surface area contributed by atoms with E-state index in [9.17, 15) is 26.7 Å². The van der Waals surface area contributed by atoms with E-state index in [1.54, 1.807) is 11.5 Å². The molecule has 5 rings (SSSR count). The molecule has 0 saturated heterocycles. The Morgan fingerprint density at radius 2 is 1.89 bits per heavy atom. The number of nitrogens with zero attached hydrogens (tertiary/aromatic N) is 6. The van der Waals surface area contributed by atoms with Crippen molar-refractivity contribution in [3.63, 3.8) is 0 Å². The van der Waals surface area contributed by atoms with E-state index in [1.165, 1.54) is 42.5 Å². The monoisotopic (exact) mass is 554 g/mol. The zero-order valence-corrected chi connectivity index (χ0v) is 21.0. The number of aryl methyl sites for hydroxylation is 1. The minimum absolute atomic E-state index is 0.145. The minimum Gasteiger partial charge on any atom is -0.413 e. The molecule has 0 spiro atoms. The van der Waals surface area contributed by atoms with Gasteiger partial charge in [0.05, 0.1) is 17.8 Å². The van der Waals surface area contributed by atoms with Crippen LogP contribution in [0, 0.1) is 6.92 Å². The van der Waals surface area contributed by atoms with E-state index < -0.39 is 47.7 Å². The lowest BCUT2D eigenvalue weighted by Crippen LogP contribution is -2.25. The number of aromatic nitrogens is 6. The van der Waals surface area contributed by atoms with Crippen molar-refractivity contribution in [3.8, 4) is 11.6 Å². The average Bonchev–Trinajstić information content (AvgIpc) is 3.56. The van der Waals surface area contributed by atoms with Gasteiger partial charge in [-0.1, -0.05) is 19.3 Å². The first kappa shape index (κ1) is 27.5. The molecule has 38 heavy (non-hydrogen) atoms. The maximum absolute atomic E-state index is 13.0. The van der Waals surface area contributed by atoms with E-state index in [0.29, 0.717) is 4.68 Å². The quantitative estimate of drug-likeness (QED) is 0.271. The first-order valence-corrected chi connectivity index (χ1v) is 12.5. The molecule has 1 saturated carbocycles. The summed E-state index contributed by atoms with van der Waals surface area (Å²) in [5.41, 5.74) is -0.781. The van der Waals surface area contributed by atoms with Crippen LogP contribution in [-0.2, 0) is 12.7 Å². The minimum atomic E-state index is -4.66. The summed E-state index contributed by atoms with van der Waals surface area (Å²) in [6, 6.07) is 4.06. The fourth-order valence-electron chi connectivity index (χ4n) is 4.18. The average molecular weight is 555 g/mol. The molecular weight excluding hydrogens is 531 g/mol. The second-order valence-corrected chi connectivity index (χ2v) is 9.63. The van der Waals surface area contributed by atoms with Gasteiger partial charge in [-0.15, -0.1) is 10.2 Å². The Kier molecular flexibility index (Phi) is 8.59. The van der Waals surface area contributed by atoms with Crippen molar-refractivity contribution in [1.82, 2.24) is 29.3 Å². The van der Waals surface area contributed by atoms with Gasteiger partial charge in [-0.05, 0) is 61.0 Å². The molecule has 0 radical (unpaired) electrons. The Labute approximate surface area is 217 Å². The van der Waals surface area contributed by atoms with Crippen molar-refractivity contribution in [2.24, 2.45) is 0 Å². The maximum Gasteiger partial charge on any atom is 0.418 e. The van der Waals surface area contributed by atoms with Crippen molar-refractivity contribution in [2.45, 2.75) is 64.1 Å². The molecule has 4 heterocycles. The lowest BCUT2D eigenvalue weighted by atomic mass is 9.85. The molecule has 0 N–H and O–H groups in total. The van der Waals surface area contributed by atoms with Crippen LogP contribution in [0.3, 0.4) is 0 Å². The molecular formula is C24H23F5N6O2S. The van der Waals surface area contributed by atoms with Crippen LogP contribution in [0.4, 0.5) is 22.0 Å². The van der Waals surface area contributed by atoms with Gasteiger partial charge in [0, 0.05) is 23.3 Å². The van der Waals surface area contributed by atoms with Crippen LogP contribution in [0.1, 0.15) is 72.0 Å². The second-order valence-electron chi connectivity index (χ2n) is 8.63. The van der Waals surface area contributed by atoms with E-state index in [0.717, 1.165) is 36.4 Å². The van der Waals surface area contributed by atoms with Crippen LogP contribution in [0.15, 0.2) is 45.9 Å². The van der Waals surface area contributed by atoms with Crippen LogP contribution in [0.25, 0.3) is 11.6 Å². The fraction of sp³-hybridized carbons (Fsp3) is 0.417. The van der Waals surface area contributed by atoms with Crippen molar-refractivity contribution in [2.75, 3.05) is 0 Å². The molecule has 1 fully saturated rings. The van der Waals surface area contributed by atoms with Gasteiger partial charge in [0.15, 0.2) is 0 Å². The molecule has 0 bridgehead atoms. The number of rotatable bonds is 5. The molecule has 0 atom stereocenters. The second kappa shape index (κ2) is 11.9. The van der Waals surface area contributed by atoms with Crippen LogP contribution in [0.2, 0.25) is 0 Å². The molecule has 14 heteroatoms. The van der Waals surface area contributed by atoms with Crippen LogP contribution >= 0.6 is 11.5 Å². The summed E-state index contributed by atoms with van der Waals surface area (Å²) >= 11 is 1.65. The molecule has 8 nitrogen and oxygen atoms in total. The molecule has 0 aromatic carbocycles. The molecule has 0 aliphatic heterocycles. The number of hydrogen-bond donors (Lipinski definition) is 0. The van der Waals surface area contributed by atoms with Crippen molar-refractivity contribution >= 4 is 11.5 Å². The van der Waals surface area contributed by atoms with Gasteiger partial charge in [-0.25, -0.2) is 9.06 Å². The Morgan fingerprint density at radius 3 is 2.53 bits per heavy atom. The number of alkyl halides is 5. The summed E-state index contributed by atoms with van der Waals surface area (Å²) in [6.07, 6.45) is 2.61. The third-order valence-corrected chi connectivity index (χ3v) is 6.76. The smallest absolute Gasteiger partial charge is 0.413 e. The Bertz CT molecular complexity index is 1410. The standard InChI is InChI=1S/C14H8F5N5O2.C10H15NS/c15-11(16)13-22-21-12(26-13)8-3-4-10(25)24(23-8)6-9-7(14(17,18)19)2-1-5-20-9;1-8-10(7-11-12-8)9-5-3-2-4-6-9/h1-5,11H,6H2;7,9H,2-6H2,1H3. The third kappa shape index (κ3) is 6.65. The highest BCUT2D eigenvalue weighted by atomic mass is 32.1. The molecule has 0 unspecified atom stereocenters. The lowest BCUT2D eigenvalue weighted by Gasteiger charge is -2.20. The summed E-state index contributed by atoms with van der Waals surface area (Å²) in [5, 5.41) is 10.3. The molecule has 202 valence electrons. The van der Waals surface area contributed by atoms with Gasteiger partial charge < -0.3 is 4.42 Å². The summed E-state index contributed by atoms with van der Waals surface area (Å²) in [7, 11) is 0. The number of hydrogen-bond acceptors (Lipinski definition) is 8. The summed E-state index contributed by atoms with van der Waals surface area (Å²) in [4.78, 5) is 17.0. The highest BCUT2D eigenvalue weighted by molar-refractivity contribution is 7.05. The summed E-state index contributed by atoms with van der Waals surface area (Å²) in [6.45, 7) is 1.61. The first-order valence-electron chi connectivity index (χ1n) is 11.8. The normalized spacial score (nSPS) is 14.4. The van der Waals surface area contributed by atoms with Crippen LogP contribution < -0.4 is 5.56 Å². The largest absolute Gasteiger partial charge is 0.418 e. The van der Waals surface area contributed by atoms with Gasteiger partial charge in [-0.3, -0.25) is 9.78 Å². The van der Waals surface area contributed by atoms with Gasteiger partial charge in [0.2, 0.25) is 0 Å². The maximum atomic E-state index is 13.0. The fourth-order valence-corrected chi connectivity index (χ4v) is 4.83. The van der Waals surface area contributed by atoms with Crippen molar-refractivity contribution < 1.29 is 26.4 Å². The molecule has 1 aliphatic carbocycles. The molecule has 1 aliphatic rings. The first-order chi connectivity index (χ1) is 18.1. The predicted octanol–water partition coefficient (Wildman–Crippen LogP) is 6.19. The van der Waals surface area contributed by atoms with Crippen LogP contribution in [-0.4, -0.2) is 29.3 Å². The highest BCUT2D eigenvalue weighted by Gasteiger charge is 2.34. The molecule has 0 amide bonds. The van der Waals surface area contributed by atoms with E-state index in [-0.39, 0.29) is 5.69 Å². The van der Waals surface area contributed by atoms with E-state index in [4.69, 9.17) is 4.42 Å². The summed E-state index contributed by atoms with van der Waals surface area (Å²) in [5.74, 6) is -0.507. The Balaban J connectivity index is 0.000000232. The number of pyridine rings is 1. The third-order valence-electron chi connectivity index (χ3n) is 6.04. The van der Waals surface area contributed by atoms with Gasteiger partial charge in [-0.2, -0.15) is 27.1 Å². The Morgan fingerprint density at radius 1 is 1.13 bits per heavy atom. The van der Waals surface area contributed by atoms with Crippen molar-refractivity contribution in [3.05, 3.63) is 74.6 Å². The SMILES string of the molecule is Cc1sncc1C1CCCCC1.O=c1ccc(-c2nnc(C(F)F)o2)nn1Cc1ncccc1C(F)(F)F. The molecule has 4 aromatic rings. The van der Waals surface area contributed by atoms with Crippen LogP contribution in [0.5, 0.6) is 0 Å². The van der Waals surface area contributed by atoms with Gasteiger partial charge in [0.25, 0.3) is 17.3 Å². The molecule has 4 aromatic heterocycles. The van der Waals surface area contributed by atoms with E-state index >= 15 is 0 Å². The predicted molar refractivity (Wildman–Crippen MR) is 128 cm³/mol. The van der Waals surface area contributed by atoms with Crippen molar-refractivity contribution in [1.29, 1.82) is 0 Å². The zero-order chi connectivity index (χ0) is 27.3. The highest BCUT2D eigenvalue weighted by Crippen LogP contribution is 2.35. The topological polar surface area (TPSA) is 99.6 Å². The Hall–Kier alpha value is -3.55.